The van der Waals surface area contributed by atoms with Crippen LogP contribution in [-0.2, 0) is 9.59 Å². The average molecular weight is 344 g/mol. The molecule has 0 spiro atoms. The maximum Gasteiger partial charge on any atom is 0.416 e. The second-order valence-corrected chi connectivity index (χ2v) is 6.02. The second kappa shape index (κ2) is 6.80. The number of benzene rings is 1. The lowest BCUT2D eigenvalue weighted by Gasteiger charge is -2.25. The van der Waals surface area contributed by atoms with E-state index in [1.165, 1.54) is 11.9 Å². The van der Waals surface area contributed by atoms with Crippen molar-refractivity contribution in [2.24, 2.45) is 5.92 Å². The lowest BCUT2D eigenvalue weighted by atomic mass is 10.1. The molecule has 1 heterocycles. The van der Waals surface area contributed by atoms with Crippen molar-refractivity contribution in [3.63, 3.8) is 0 Å². The number of aryl methyl sites for hydroxylation is 1. The molecule has 2 unspecified atom stereocenters. The van der Waals surface area contributed by atoms with Crippen molar-refractivity contribution >= 4 is 17.5 Å². The molecule has 1 saturated heterocycles. The number of nitrogens with zero attached hydrogens (tertiary/aromatic N) is 2. The third-order valence-electron chi connectivity index (χ3n) is 4.02. The molecule has 1 aromatic carbocycles. The zero-order chi connectivity index (χ0) is 18.1. The van der Waals surface area contributed by atoms with Crippen molar-refractivity contribution in [1.82, 2.24) is 4.90 Å². The molecule has 1 aromatic rings. The third kappa shape index (κ3) is 4.05. The molecule has 0 aromatic heterocycles. The third-order valence-corrected chi connectivity index (χ3v) is 4.02. The first-order valence-corrected chi connectivity index (χ1v) is 7.46. The zero-order valence-corrected chi connectivity index (χ0v) is 13.4. The molecular formula is C16H19F3N2O3. The number of carbonyl (C=O) groups is 2. The van der Waals surface area contributed by atoms with Crippen LogP contribution >= 0.6 is 0 Å². The second-order valence-electron chi connectivity index (χ2n) is 6.02. The Morgan fingerprint density at radius 2 is 1.96 bits per heavy atom. The number of likely N-dealkylation sites (N-methyl/N-ethyl adjacent to an activating group) is 1. The molecule has 0 radical (unpaired) electrons. The standard InChI is InChI=1S/C16H19F3N2O3/c1-10-3-5-12(6-4-10)21-8-11(7-14(21)23)15(24)20(2)9-13(22)16(17,18)19/h3-6,11,13,22H,7-9H2,1-2H3. The first-order valence-electron chi connectivity index (χ1n) is 7.46. The fourth-order valence-corrected chi connectivity index (χ4v) is 2.61. The minimum atomic E-state index is -4.78. The molecular weight excluding hydrogens is 325 g/mol. The molecule has 1 aliphatic rings. The van der Waals surface area contributed by atoms with Gasteiger partial charge in [-0.1, -0.05) is 17.7 Å². The van der Waals surface area contributed by atoms with Crippen LogP contribution in [0.25, 0.3) is 0 Å². The molecule has 0 aliphatic carbocycles. The van der Waals surface area contributed by atoms with Gasteiger partial charge in [0, 0.05) is 25.7 Å². The summed E-state index contributed by atoms with van der Waals surface area (Å²) in [7, 11) is 1.19. The normalized spacial score (nSPS) is 19.5. The monoisotopic (exact) mass is 344 g/mol. The number of carbonyl (C=O) groups excluding carboxylic acids is 2. The van der Waals surface area contributed by atoms with E-state index in [0.29, 0.717) is 5.69 Å². The summed E-state index contributed by atoms with van der Waals surface area (Å²) in [4.78, 5) is 26.6. The Hall–Kier alpha value is -2.09. The van der Waals surface area contributed by atoms with Crippen LogP contribution in [-0.4, -0.2) is 54.2 Å². The van der Waals surface area contributed by atoms with Gasteiger partial charge < -0.3 is 14.9 Å². The Bertz CT molecular complexity index is 616. The van der Waals surface area contributed by atoms with E-state index < -0.39 is 30.7 Å². The van der Waals surface area contributed by atoms with Gasteiger partial charge in [0.2, 0.25) is 11.8 Å². The lowest BCUT2D eigenvalue weighted by Crippen LogP contribution is -2.44. The average Bonchev–Trinajstić information content (AvgIpc) is 2.88. The van der Waals surface area contributed by atoms with Gasteiger partial charge >= 0.3 is 6.18 Å². The number of hydrogen-bond donors (Lipinski definition) is 1. The van der Waals surface area contributed by atoms with E-state index in [1.807, 2.05) is 19.1 Å². The van der Waals surface area contributed by atoms with Gasteiger partial charge in [-0.3, -0.25) is 9.59 Å². The van der Waals surface area contributed by atoms with Gasteiger partial charge in [0.05, 0.1) is 12.5 Å². The molecule has 1 aliphatic heterocycles. The fraction of sp³-hybridized carbons (Fsp3) is 0.500. The largest absolute Gasteiger partial charge is 0.416 e. The maximum atomic E-state index is 12.4. The SMILES string of the molecule is Cc1ccc(N2CC(C(=O)N(C)CC(O)C(F)(F)F)CC2=O)cc1. The summed E-state index contributed by atoms with van der Waals surface area (Å²) < 4.78 is 37.1. The van der Waals surface area contributed by atoms with Crippen LogP contribution in [0.4, 0.5) is 18.9 Å². The van der Waals surface area contributed by atoms with E-state index >= 15 is 0 Å². The van der Waals surface area contributed by atoms with Crippen LogP contribution < -0.4 is 4.90 Å². The fourth-order valence-electron chi connectivity index (χ4n) is 2.61. The van der Waals surface area contributed by atoms with Crippen LogP contribution in [0.15, 0.2) is 24.3 Å². The summed E-state index contributed by atoms with van der Waals surface area (Å²) in [6.45, 7) is 1.17. The summed E-state index contributed by atoms with van der Waals surface area (Å²) in [6, 6.07) is 7.20. The van der Waals surface area contributed by atoms with Gasteiger partial charge in [0.15, 0.2) is 6.10 Å². The van der Waals surface area contributed by atoms with Crippen molar-refractivity contribution in [3.8, 4) is 0 Å². The van der Waals surface area contributed by atoms with Crippen molar-refractivity contribution in [2.75, 3.05) is 25.0 Å². The number of amides is 2. The van der Waals surface area contributed by atoms with Crippen LogP contribution in [0.1, 0.15) is 12.0 Å². The molecule has 2 rings (SSSR count). The van der Waals surface area contributed by atoms with Gasteiger partial charge in [-0.05, 0) is 19.1 Å². The minimum absolute atomic E-state index is 0.0564. The van der Waals surface area contributed by atoms with Crippen LogP contribution in [0, 0.1) is 12.8 Å². The van der Waals surface area contributed by atoms with Gasteiger partial charge in [-0.15, -0.1) is 0 Å². The van der Waals surface area contributed by atoms with Crippen LogP contribution in [0.3, 0.4) is 0 Å². The van der Waals surface area contributed by atoms with Crippen LogP contribution in [0.5, 0.6) is 0 Å². The van der Waals surface area contributed by atoms with Crippen LogP contribution in [0.2, 0.25) is 0 Å². The van der Waals surface area contributed by atoms with Gasteiger partial charge in [0.25, 0.3) is 0 Å². The number of anilines is 1. The van der Waals surface area contributed by atoms with Crippen molar-refractivity contribution in [1.29, 1.82) is 0 Å². The molecule has 0 bridgehead atoms. The quantitative estimate of drug-likeness (QED) is 0.905. The minimum Gasteiger partial charge on any atom is -0.382 e. The Kier molecular flexibility index (Phi) is 5.17. The molecule has 2 atom stereocenters. The van der Waals surface area contributed by atoms with Gasteiger partial charge in [-0.2, -0.15) is 13.2 Å². The van der Waals surface area contributed by atoms with Gasteiger partial charge in [0.1, 0.15) is 0 Å². The Labute approximate surface area is 137 Å². The predicted molar refractivity (Wildman–Crippen MR) is 81.3 cm³/mol. The first kappa shape index (κ1) is 18.3. The van der Waals surface area contributed by atoms with E-state index in [-0.39, 0.29) is 18.9 Å². The molecule has 5 nitrogen and oxygen atoms in total. The highest BCUT2D eigenvalue weighted by Gasteiger charge is 2.41. The van der Waals surface area contributed by atoms with E-state index in [9.17, 15) is 22.8 Å². The van der Waals surface area contributed by atoms with E-state index in [0.717, 1.165) is 10.5 Å². The molecule has 8 heteroatoms. The number of hydrogen-bond acceptors (Lipinski definition) is 3. The number of aliphatic hydroxyl groups is 1. The summed E-state index contributed by atoms with van der Waals surface area (Å²) in [5.74, 6) is -1.55. The van der Waals surface area contributed by atoms with Crippen molar-refractivity contribution in [2.45, 2.75) is 25.6 Å². The Morgan fingerprint density at radius 1 is 1.38 bits per heavy atom. The molecule has 132 valence electrons. The highest BCUT2D eigenvalue weighted by molar-refractivity contribution is 6.00. The molecule has 24 heavy (non-hydrogen) atoms. The highest BCUT2D eigenvalue weighted by atomic mass is 19.4. The smallest absolute Gasteiger partial charge is 0.382 e. The van der Waals surface area contributed by atoms with E-state index in [1.54, 1.807) is 12.1 Å². The Balaban J connectivity index is 2.02. The molecule has 1 N–H and O–H groups in total. The summed E-state index contributed by atoms with van der Waals surface area (Å²) in [5.41, 5.74) is 1.68. The Morgan fingerprint density at radius 3 is 2.50 bits per heavy atom. The summed E-state index contributed by atoms with van der Waals surface area (Å²) >= 11 is 0. The maximum absolute atomic E-state index is 12.4. The van der Waals surface area contributed by atoms with E-state index in [4.69, 9.17) is 5.11 Å². The molecule has 0 saturated carbocycles. The van der Waals surface area contributed by atoms with Gasteiger partial charge in [-0.25, -0.2) is 0 Å². The number of alkyl halides is 3. The number of aliphatic hydroxyl groups excluding tert-OH is 1. The lowest BCUT2D eigenvalue weighted by molar-refractivity contribution is -0.207. The summed E-state index contributed by atoms with van der Waals surface area (Å²) in [5, 5.41) is 9.06. The van der Waals surface area contributed by atoms with Crippen molar-refractivity contribution in [3.05, 3.63) is 29.8 Å². The molecule has 1 fully saturated rings. The predicted octanol–water partition coefficient (Wildman–Crippen LogP) is 1.73. The van der Waals surface area contributed by atoms with Crippen molar-refractivity contribution < 1.29 is 27.9 Å². The molecule has 2 amide bonds. The zero-order valence-electron chi connectivity index (χ0n) is 13.4. The number of rotatable bonds is 4. The summed E-state index contributed by atoms with van der Waals surface area (Å²) in [6.07, 6.45) is -7.44. The first-order chi connectivity index (χ1) is 11.1. The van der Waals surface area contributed by atoms with E-state index in [2.05, 4.69) is 0 Å². The highest BCUT2D eigenvalue weighted by Crippen LogP contribution is 2.27. The number of halogens is 3. The topological polar surface area (TPSA) is 60.9 Å².